The number of rotatable bonds is 6. The van der Waals surface area contributed by atoms with Gasteiger partial charge >= 0.3 is 0 Å². The molecule has 1 N–H and O–H groups in total. The Bertz CT molecular complexity index is 945. The van der Waals surface area contributed by atoms with Gasteiger partial charge in [0.2, 0.25) is 0 Å². The Kier molecular flexibility index (Phi) is 6.59. The van der Waals surface area contributed by atoms with Crippen molar-refractivity contribution in [3.8, 4) is 11.5 Å². The van der Waals surface area contributed by atoms with Crippen LogP contribution in [0.15, 0.2) is 36.4 Å². The van der Waals surface area contributed by atoms with Crippen LogP contribution in [0.4, 0.5) is 4.39 Å². The van der Waals surface area contributed by atoms with E-state index in [0.29, 0.717) is 30.0 Å². The first kappa shape index (κ1) is 21.6. The maximum absolute atomic E-state index is 13.7. The summed E-state index contributed by atoms with van der Waals surface area (Å²) in [6.07, 6.45) is 0.676. The lowest BCUT2D eigenvalue weighted by Crippen LogP contribution is -2.39. The van der Waals surface area contributed by atoms with Crippen LogP contribution in [-0.4, -0.2) is 43.0 Å². The first-order valence-corrected chi connectivity index (χ1v) is 9.99. The number of hydrogen-bond donors (Lipinski definition) is 1. The van der Waals surface area contributed by atoms with E-state index in [-0.39, 0.29) is 36.3 Å². The van der Waals surface area contributed by atoms with Gasteiger partial charge in [-0.15, -0.1) is 0 Å². The third-order valence-corrected chi connectivity index (χ3v) is 5.13. The fraction of sp³-hybridized carbons (Fsp3) is 0.391. The highest BCUT2D eigenvalue weighted by Crippen LogP contribution is 2.33. The van der Waals surface area contributed by atoms with E-state index in [4.69, 9.17) is 9.47 Å². The van der Waals surface area contributed by atoms with Crippen molar-refractivity contribution in [1.29, 1.82) is 0 Å². The third kappa shape index (κ3) is 4.72. The minimum absolute atomic E-state index is 0.0214. The monoisotopic (exact) mass is 414 g/mol. The number of methoxy groups -OCH3 is 1. The lowest BCUT2D eigenvalue weighted by Gasteiger charge is -2.35. The van der Waals surface area contributed by atoms with Gasteiger partial charge in [0.25, 0.3) is 11.8 Å². The molecule has 1 aliphatic heterocycles. The summed E-state index contributed by atoms with van der Waals surface area (Å²) in [6, 6.07) is 9.39. The number of carbonyl (C=O) groups excluding carboxylic acids is 2. The summed E-state index contributed by atoms with van der Waals surface area (Å²) in [7, 11) is 1.48. The second kappa shape index (κ2) is 9.15. The number of amides is 2. The molecule has 2 aromatic rings. The van der Waals surface area contributed by atoms with E-state index in [0.717, 1.165) is 11.1 Å². The lowest BCUT2D eigenvalue weighted by molar-refractivity contribution is -0.123. The Balaban J connectivity index is 1.76. The van der Waals surface area contributed by atoms with E-state index < -0.39 is 0 Å². The van der Waals surface area contributed by atoms with Crippen LogP contribution in [0.5, 0.6) is 11.5 Å². The second-order valence-electron chi connectivity index (χ2n) is 7.64. The molecule has 1 unspecified atom stereocenters. The van der Waals surface area contributed by atoms with Gasteiger partial charge in [0.1, 0.15) is 5.82 Å². The van der Waals surface area contributed by atoms with Crippen molar-refractivity contribution in [2.24, 2.45) is 0 Å². The van der Waals surface area contributed by atoms with Crippen LogP contribution in [0.2, 0.25) is 0 Å². The van der Waals surface area contributed by atoms with Crippen molar-refractivity contribution in [3.05, 3.63) is 58.9 Å². The fourth-order valence-electron chi connectivity index (χ4n) is 3.65. The Hall–Kier alpha value is -3.09. The summed E-state index contributed by atoms with van der Waals surface area (Å²) in [5.41, 5.74) is 2.34. The number of benzene rings is 2. The zero-order valence-corrected chi connectivity index (χ0v) is 17.7. The molecule has 0 aliphatic carbocycles. The van der Waals surface area contributed by atoms with Gasteiger partial charge in [-0.05, 0) is 68.7 Å². The van der Waals surface area contributed by atoms with Gasteiger partial charge in [0.15, 0.2) is 18.1 Å². The van der Waals surface area contributed by atoms with Gasteiger partial charge in [0.05, 0.1) is 13.2 Å². The van der Waals surface area contributed by atoms with Gasteiger partial charge in [-0.2, -0.15) is 0 Å². The summed E-state index contributed by atoms with van der Waals surface area (Å²) < 4.78 is 24.6. The van der Waals surface area contributed by atoms with Crippen molar-refractivity contribution in [3.63, 3.8) is 0 Å². The molecule has 7 heteroatoms. The van der Waals surface area contributed by atoms with Crippen LogP contribution in [0.1, 0.15) is 48.3 Å². The molecular formula is C23H27FN2O4. The third-order valence-electron chi connectivity index (χ3n) is 5.13. The molecule has 0 bridgehead atoms. The Morgan fingerprint density at radius 1 is 1.20 bits per heavy atom. The highest BCUT2D eigenvalue weighted by Gasteiger charge is 2.29. The number of hydrogen-bond acceptors (Lipinski definition) is 4. The number of nitrogens with zero attached hydrogens (tertiary/aromatic N) is 1. The van der Waals surface area contributed by atoms with Crippen molar-refractivity contribution < 1.29 is 23.5 Å². The summed E-state index contributed by atoms with van der Waals surface area (Å²) >= 11 is 0. The van der Waals surface area contributed by atoms with Crippen molar-refractivity contribution in [2.45, 2.75) is 39.3 Å². The van der Waals surface area contributed by atoms with Crippen LogP contribution < -0.4 is 14.8 Å². The summed E-state index contributed by atoms with van der Waals surface area (Å²) in [5.74, 6) is 0.0426. The molecule has 2 amide bonds. The van der Waals surface area contributed by atoms with Gasteiger partial charge in [-0.3, -0.25) is 9.59 Å². The largest absolute Gasteiger partial charge is 0.493 e. The second-order valence-corrected chi connectivity index (χ2v) is 7.64. The molecule has 0 aromatic heterocycles. The topological polar surface area (TPSA) is 67.9 Å². The number of halogens is 1. The smallest absolute Gasteiger partial charge is 0.258 e. The minimum Gasteiger partial charge on any atom is -0.493 e. The molecule has 6 nitrogen and oxygen atoms in total. The predicted molar refractivity (Wildman–Crippen MR) is 111 cm³/mol. The molecule has 0 saturated carbocycles. The average molecular weight is 414 g/mol. The molecule has 2 aromatic carbocycles. The Morgan fingerprint density at radius 3 is 2.67 bits per heavy atom. The molecule has 1 atom stereocenters. The fourth-order valence-corrected chi connectivity index (χ4v) is 3.65. The average Bonchev–Trinajstić information content (AvgIpc) is 2.72. The predicted octanol–water partition coefficient (Wildman–Crippen LogP) is 3.50. The van der Waals surface area contributed by atoms with E-state index in [2.05, 4.69) is 5.32 Å². The summed E-state index contributed by atoms with van der Waals surface area (Å²) in [4.78, 5) is 26.7. The zero-order valence-electron chi connectivity index (χ0n) is 17.7. The number of carbonyl (C=O) groups is 2. The molecule has 0 radical (unpaired) electrons. The lowest BCUT2D eigenvalue weighted by atomic mass is 9.93. The molecule has 0 spiro atoms. The van der Waals surface area contributed by atoms with Gasteiger partial charge in [-0.25, -0.2) is 4.39 Å². The van der Waals surface area contributed by atoms with E-state index in [1.165, 1.54) is 19.2 Å². The van der Waals surface area contributed by atoms with Crippen LogP contribution in [-0.2, 0) is 11.2 Å². The van der Waals surface area contributed by atoms with E-state index in [1.807, 2.05) is 20.8 Å². The van der Waals surface area contributed by atoms with E-state index >= 15 is 0 Å². The van der Waals surface area contributed by atoms with Gasteiger partial charge in [-0.1, -0.05) is 6.07 Å². The van der Waals surface area contributed by atoms with Crippen LogP contribution in [0.3, 0.4) is 0 Å². The maximum atomic E-state index is 13.7. The number of nitrogens with one attached hydrogen (secondary N) is 1. The first-order valence-electron chi connectivity index (χ1n) is 9.99. The van der Waals surface area contributed by atoms with Crippen LogP contribution in [0, 0.1) is 5.82 Å². The molecule has 3 rings (SSSR count). The first-order chi connectivity index (χ1) is 14.3. The Morgan fingerprint density at radius 2 is 1.97 bits per heavy atom. The zero-order chi connectivity index (χ0) is 21.8. The number of ether oxygens (including phenoxy) is 2. The minimum atomic E-state index is -0.306. The Labute approximate surface area is 176 Å². The molecule has 0 saturated heterocycles. The number of fused-ring (bicyclic) bond motifs is 1. The molecule has 160 valence electrons. The molecule has 30 heavy (non-hydrogen) atoms. The molecule has 1 heterocycles. The SMILES string of the molecule is COc1cc(C(=O)N2CCc3ccc(F)cc3C2C)ccc1OCC(=O)NC(C)C. The van der Waals surface area contributed by atoms with Gasteiger partial charge < -0.3 is 19.7 Å². The normalized spacial score (nSPS) is 15.5. The maximum Gasteiger partial charge on any atom is 0.258 e. The van der Waals surface area contributed by atoms with E-state index in [1.54, 1.807) is 29.2 Å². The highest BCUT2D eigenvalue weighted by molar-refractivity contribution is 5.95. The highest BCUT2D eigenvalue weighted by atomic mass is 19.1. The molecule has 0 fully saturated rings. The van der Waals surface area contributed by atoms with Crippen molar-refractivity contribution in [2.75, 3.05) is 20.3 Å². The van der Waals surface area contributed by atoms with Crippen LogP contribution >= 0.6 is 0 Å². The summed E-state index contributed by atoms with van der Waals surface area (Å²) in [6.45, 7) is 6.04. The molecule has 1 aliphatic rings. The van der Waals surface area contributed by atoms with E-state index in [9.17, 15) is 14.0 Å². The van der Waals surface area contributed by atoms with Crippen LogP contribution in [0.25, 0.3) is 0 Å². The molecular weight excluding hydrogens is 387 g/mol. The van der Waals surface area contributed by atoms with Crippen molar-refractivity contribution >= 4 is 11.8 Å². The van der Waals surface area contributed by atoms with Crippen molar-refractivity contribution in [1.82, 2.24) is 10.2 Å². The summed E-state index contributed by atoms with van der Waals surface area (Å²) in [5, 5.41) is 2.75. The standard InChI is InChI=1S/C23H27FN2O4/c1-14(2)25-22(27)13-30-20-8-6-17(11-21(20)29-4)23(28)26-10-9-16-5-7-18(24)12-19(16)15(26)3/h5-8,11-12,14-15H,9-10,13H2,1-4H3,(H,25,27). The quantitative estimate of drug-likeness (QED) is 0.786. The van der Waals surface area contributed by atoms with Gasteiger partial charge in [0, 0.05) is 18.2 Å².